The molecule has 2 aromatic rings. The van der Waals surface area contributed by atoms with Crippen molar-refractivity contribution in [2.24, 2.45) is 0 Å². The van der Waals surface area contributed by atoms with Gasteiger partial charge in [0.2, 0.25) is 0 Å². The van der Waals surface area contributed by atoms with Crippen molar-refractivity contribution < 1.29 is 0 Å². The van der Waals surface area contributed by atoms with Crippen molar-refractivity contribution in [3.05, 3.63) is 36.4 Å². The molecule has 1 aliphatic rings. The fourth-order valence-corrected chi connectivity index (χ4v) is 1.97. The second-order valence-electron chi connectivity index (χ2n) is 3.95. The van der Waals surface area contributed by atoms with E-state index in [1.165, 1.54) is 5.69 Å². The molecule has 16 heavy (non-hydrogen) atoms. The standard InChI is InChI=1S/C11H13N5/c12-9-1-3-10(4-2-9)15-5-6-16-8-13-14-11(16)7-15/h1-4,8H,5-7,12H2. The van der Waals surface area contributed by atoms with Crippen molar-refractivity contribution in [3.63, 3.8) is 0 Å². The van der Waals surface area contributed by atoms with Crippen LogP contribution in [0.25, 0.3) is 0 Å². The van der Waals surface area contributed by atoms with Crippen molar-refractivity contribution in [2.75, 3.05) is 17.2 Å². The van der Waals surface area contributed by atoms with E-state index in [1.54, 1.807) is 6.33 Å². The Morgan fingerprint density at radius 3 is 2.75 bits per heavy atom. The lowest BCUT2D eigenvalue weighted by molar-refractivity contribution is 0.560. The predicted molar refractivity (Wildman–Crippen MR) is 61.9 cm³/mol. The highest BCUT2D eigenvalue weighted by atomic mass is 15.3. The maximum Gasteiger partial charge on any atom is 0.152 e. The first-order valence-corrected chi connectivity index (χ1v) is 5.30. The van der Waals surface area contributed by atoms with Gasteiger partial charge in [0.15, 0.2) is 5.82 Å². The minimum Gasteiger partial charge on any atom is -0.399 e. The molecule has 2 heterocycles. The molecule has 0 amide bonds. The summed E-state index contributed by atoms with van der Waals surface area (Å²) in [6.45, 7) is 2.73. The number of nitrogen functional groups attached to an aromatic ring is 1. The van der Waals surface area contributed by atoms with E-state index in [-0.39, 0.29) is 0 Å². The van der Waals surface area contributed by atoms with E-state index in [0.717, 1.165) is 31.1 Å². The summed E-state index contributed by atoms with van der Waals surface area (Å²) >= 11 is 0. The van der Waals surface area contributed by atoms with Gasteiger partial charge in [-0.1, -0.05) is 0 Å². The van der Waals surface area contributed by atoms with Crippen LogP contribution < -0.4 is 10.6 Å². The Labute approximate surface area is 93.5 Å². The van der Waals surface area contributed by atoms with Crippen LogP contribution in [0.1, 0.15) is 5.82 Å². The number of hydrogen-bond donors (Lipinski definition) is 1. The number of aromatic nitrogens is 3. The number of anilines is 2. The quantitative estimate of drug-likeness (QED) is 0.717. The van der Waals surface area contributed by atoms with Gasteiger partial charge in [-0.05, 0) is 24.3 Å². The van der Waals surface area contributed by atoms with Crippen LogP contribution in [0.15, 0.2) is 30.6 Å². The minimum absolute atomic E-state index is 0.795. The Bertz CT molecular complexity index is 487. The van der Waals surface area contributed by atoms with E-state index in [0.29, 0.717) is 0 Å². The van der Waals surface area contributed by atoms with Gasteiger partial charge in [0.1, 0.15) is 6.33 Å². The molecule has 1 aromatic heterocycles. The molecule has 2 N–H and O–H groups in total. The Morgan fingerprint density at radius 2 is 1.94 bits per heavy atom. The van der Waals surface area contributed by atoms with Crippen LogP contribution >= 0.6 is 0 Å². The Kier molecular flexibility index (Phi) is 2.02. The molecule has 0 unspecified atom stereocenters. The molecular weight excluding hydrogens is 202 g/mol. The monoisotopic (exact) mass is 215 g/mol. The Hall–Kier alpha value is -2.04. The lowest BCUT2D eigenvalue weighted by atomic mass is 10.2. The minimum atomic E-state index is 0.795. The van der Waals surface area contributed by atoms with Crippen molar-refractivity contribution in [1.29, 1.82) is 0 Å². The number of rotatable bonds is 1. The summed E-state index contributed by atoms with van der Waals surface area (Å²) in [5, 5.41) is 8.01. The summed E-state index contributed by atoms with van der Waals surface area (Å²) in [7, 11) is 0. The van der Waals surface area contributed by atoms with E-state index in [2.05, 4.69) is 19.7 Å². The molecular formula is C11H13N5. The number of benzene rings is 1. The first-order valence-electron chi connectivity index (χ1n) is 5.30. The molecule has 0 atom stereocenters. The fraction of sp³-hybridized carbons (Fsp3) is 0.273. The normalized spacial score (nSPS) is 14.9. The average molecular weight is 215 g/mol. The van der Waals surface area contributed by atoms with Gasteiger partial charge in [-0.3, -0.25) is 0 Å². The lowest BCUT2D eigenvalue weighted by Gasteiger charge is -2.28. The molecule has 0 fully saturated rings. The zero-order chi connectivity index (χ0) is 11.0. The van der Waals surface area contributed by atoms with Crippen LogP contribution in [0, 0.1) is 0 Å². The van der Waals surface area contributed by atoms with E-state index in [9.17, 15) is 0 Å². The number of fused-ring (bicyclic) bond motifs is 1. The van der Waals surface area contributed by atoms with Gasteiger partial charge >= 0.3 is 0 Å². The third-order valence-electron chi connectivity index (χ3n) is 2.90. The first-order chi connectivity index (χ1) is 7.83. The second kappa shape index (κ2) is 3.52. The zero-order valence-corrected chi connectivity index (χ0v) is 8.87. The van der Waals surface area contributed by atoms with Crippen LogP contribution in [0.5, 0.6) is 0 Å². The highest BCUT2D eigenvalue weighted by Gasteiger charge is 2.17. The third kappa shape index (κ3) is 1.50. The molecule has 0 bridgehead atoms. The molecule has 0 radical (unpaired) electrons. The van der Waals surface area contributed by atoms with E-state index in [1.807, 2.05) is 24.3 Å². The van der Waals surface area contributed by atoms with Crippen molar-refractivity contribution in [1.82, 2.24) is 14.8 Å². The Morgan fingerprint density at radius 1 is 1.12 bits per heavy atom. The molecule has 3 rings (SSSR count). The summed E-state index contributed by atoms with van der Waals surface area (Å²) < 4.78 is 2.09. The molecule has 5 heteroatoms. The number of hydrogen-bond acceptors (Lipinski definition) is 4. The van der Waals surface area contributed by atoms with Gasteiger partial charge in [0, 0.05) is 24.5 Å². The smallest absolute Gasteiger partial charge is 0.152 e. The largest absolute Gasteiger partial charge is 0.399 e. The number of nitrogens with two attached hydrogens (primary N) is 1. The summed E-state index contributed by atoms with van der Waals surface area (Å²) in [4.78, 5) is 2.28. The molecule has 1 aromatic carbocycles. The van der Waals surface area contributed by atoms with Crippen LogP contribution in [0.3, 0.4) is 0 Å². The topological polar surface area (TPSA) is 60.0 Å². The molecule has 0 aliphatic carbocycles. The van der Waals surface area contributed by atoms with Crippen LogP contribution in [-0.4, -0.2) is 21.3 Å². The highest BCUT2D eigenvalue weighted by Crippen LogP contribution is 2.20. The van der Waals surface area contributed by atoms with Crippen LogP contribution in [0.2, 0.25) is 0 Å². The molecule has 0 spiro atoms. The zero-order valence-electron chi connectivity index (χ0n) is 8.87. The van der Waals surface area contributed by atoms with Gasteiger partial charge in [-0.15, -0.1) is 10.2 Å². The summed E-state index contributed by atoms with van der Waals surface area (Å²) in [5.74, 6) is 1.02. The highest BCUT2D eigenvalue weighted by molar-refractivity contribution is 5.53. The van der Waals surface area contributed by atoms with Gasteiger partial charge in [0.25, 0.3) is 0 Å². The maximum atomic E-state index is 5.67. The average Bonchev–Trinajstić information content (AvgIpc) is 2.77. The van der Waals surface area contributed by atoms with Gasteiger partial charge < -0.3 is 15.2 Å². The van der Waals surface area contributed by atoms with Gasteiger partial charge in [-0.25, -0.2) is 0 Å². The maximum absolute atomic E-state index is 5.67. The molecule has 0 saturated carbocycles. The third-order valence-corrected chi connectivity index (χ3v) is 2.90. The molecule has 0 saturated heterocycles. The SMILES string of the molecule is Nc1ccc(N2CCn3cnnc3C2)cc1. The summed E-state index contributed by atoms with van der Waals surface area (Å²) in [6, 6.07) is 7.94. The fourth-order valence-electron chi connectivity index (χ4n) is 1.97. The second-order valence-corrected chi connectivity index (χ2v) is 3.95. The van der Waals surface area contributed by atoms with E-state index >= 15 is 0 Å². The van der Waals surface area contributed by atoms with Crippen molar-refractivity contribution >= 4 is 11.4 Å². The van der Waals surface area contributed by atoms with Crippen LogP contribution in [0.4, 0.5) is 11.4 Å². The molecule has 82 valence electrons. The van der Waals surface area contributed by atoms with Crippen molar-refractivity contribution in [2.45, 2.75) is 13.1 Å². The van der Waals surface area contributed by atoms with E-state index in [4.69, 9.17) is 5.73 Å². The number of nitrogens with zero attached hydrogens (tertiary/aromatic N) is 4. The van der Waals surface area contributed by atoms with E-state index < -0.39 is 0 Å². The summed E-state index contributed by atoms with van der Waals surface area (Å²) in [5.41, 5.74) is 7.65. The van der Waals surface area contributed by atoms with Gasteiger partial charge in [-0.2, -0.15) is 0 Å². The first kappa shape index (κ1) is 9.21. The van der Waals surface area contributed by atoms with Crippen molar-refractivity contribution in [3.8, 4) is 0 Å². The lowest BCUT2D eigenvalue weighted by Crippen LogP contribution is -2.33. The predicted octanol–water partition coefficient (Wildman–Crippen LogP) is 0.881. The molecule has 1 aliphatic heterocycles. The summed E-state index contributed by atoms with van der Waals surface area (Å²) in [6.07, 6.45) is 1.79. The molecule has 5 nitrogen and oxygen atoms in total. The van der Waals surface area contributed by atoms with Gasteiger partial charge in [0.05, 0.1) is 6.54 Å². The Balaban J connectivity index is 1.86. The van der Waals surface area contributed by atoms with Crippen LogP contribution in [-0.2, 0) is 13.1 Å².